The maximum absolute atomic E-state index is 6.27. The summed E-state index contributed by atoms with van der Waals surface area (Å²) >= 11 is 8.11. The number of thiophene rings is 1. The Morgan fingerprint density at radius 2 is 2.18 bits per heavy atom. The van der Waals surface area contributed by atoms with Crippen molar-refractivity contribution in [2.75, 3.05) is 24.6 Å². The number of aromatic nitrogens is 2. The van der Waals surface area contributed by atoms with Gasteiger partial charge < -0.3 is 9.64 Å². The van der Waals surface area contributed by atoms with Crippen LogP contribution in [0, 0.1) is 6.92 Å². The molecular weight excluding hydrogens is 318 g/mol. The molecule has 2 aliphatic rings. The number of nitrogens with zero attached hydrogens (tertiary/aromatic N) is 3. The van der Waals surface area contributed by atoms with Gasteiger partial charge in [-0.3, -0.25) is 0 Å². The van der Waals surface area contributed by atoms with Crippen LogP contribution in [0.3, 0.4) is 0 Å². The number of hydrogen-bond acceptors (Lipinski definition) is 5. The summed E-state index contributed by atoms with van der Waals surface area (Å²) in [6, 6.07) is 2.25. The molecule has 0 atom stereocenters. The molecule has 0 saturated carbocycles. The Morgan fingerprint density at radius 1 is 1.36 bits per heavy atom. The summed E-state index contributed by atoms with van der Waals surface area (Å²) in [5.41, 5.74) is 1.38. The van der Waals surface area contributed by atoms with E-state index in [1.165, 1.54) is 10.4 Å². The second kappa shape index (κ2) is 5.48. The van der Waals surface area contributed by atoms with Crippen molar-refractivity contribution in [3.8, 4) is 0 Å². The van der Waals surface area contributed by atoms with Crippen LogP contribution in [-0.2, 0) is 16.8 Å². The highest BCUT2D eigenvalue weighted by Gasteiger charge is 2.42. The number of rotatable bonds is 1. The van der Waals surface area contributed by atoms with E-state index in [2.05, 4.69) is 26.3 Å². The van der Waals surface area contributed by atoms with Gasteiger partial charge >= 0.3 is 0 Å². The third kappa shape index (κ3) is 2.32. The molecule has 2 aliphatic heterocycles. The van der Waals surface area contributed by atoms with Crippen LogP contribution >= 0.6 is 22.9 Å². The van der Waals surface area contributed by atoms with Crippen LogP contribution in [0.4, 0.5) is 5.82 Å². The average Bonchev–Trinajstić information content (AvgIpc) is 3.01. The van der Waals surface area contributed by atoms with Gasteiger partial charge in [0.1, 0.15) is 16.4 Å². The molecule has 0 aromatic carbocycles. The number of piperidine rings is 1. The van der Waals surface area contributed by atoms with E-state index in [0.717, 1.165) is 50.6 Å². The maximum Gasteiger partial charge on any atom is 0.151 e. The van der Waals surface area contributed by atoms with Gasteiger partial charge in [-0.1, -0.05) is 11.6 Å². The van der Waals surface area contributed by atoms with Gasteiger partial charge in [0.2, 0.25) is 0 Å². The van der Waals surface area contributed by atoms with Crippen molar-refractivity contribution in [1.82, 2.24) is 9.97 Å². The monoisotopic (exact) mass is 335 g/mol. The van der Waals surface area contributed by atoms with Gasteiger partial charge in [-0.2, -0.15) is 0 Å². The summed E-state index contributed by atoms with van der Waals surface area (Å²) in [5, 5.41) is 2.82. The lowest BCUT2D eigenvalue weighted by Crippen LogP contribution is -2.46. The summed E-state index contributed by atoms with van der Waals surface area (Å²) < 4.78 is 6.25. The minimum Gasteiger partial charge on any atom is -0.369 e. The van der Waals surface area contributed by atoms with Crippen molar-refractivity contribution < 1.29 is 4.74 Å². The van der Waals surface area contributed by atoms with E-state index in [1.807, 2.05) is 18.3 Å². The second-order valence-electron chi connectivity index (χ2n) is 5.94. The summed E-state index contributed by atoms with van der Waals surface area (Å²) in [7, 11) is 0. The van der Waals surface area contributed by atoms with Gasteiger partial charge in [0.15, 0.2) is 5.82 Å². The molecule has 4 heterocycles. The van der Waals surface area contributed by atoms with E-state index >= 15 is 0 Å². The lowest BCUT2D eigenvalue weighted by Gasteiger charge is -2.44. The predicted octanol–water partition coefficient (Wildman–Crippen LogP) is 3.57. The SMILES string of the molecule is Cc1ncc(Cl)c(N2CCC3(CC2)OCCc2ccsc23)n1. The lowest BCUT2D eigenvalue weighted by atomic mass is 9.85. The molecular formula is C16H18ClN3OS. The standard InChI is InChI=1S/C16H18ClN3OS/c1-11-18-10-13(17)15(19-11)20-6-4-16(5-7-20)14-12(2-8-21-16)3-9-22-14/h3,9-10H,2,4-8H2,1H3. The molecule has 22 heavy (non-hydrogen) atoms. The predicted molar refractivity (Wildman–Crippen MR) is 88.9 cm³/mol. The summed E-state index contributed by atoms with van der Waals surface area (Å²) in [4.78, 5) is 12.3. The first-order valence-corrected chi connectivity index (χ1v) is 8.89. The smallest absolute Gasteiger partial charge is 0.151 e. The zero-order valence-electron chi connectivity index (χ0n) is 12.5. The van der Waals surface area contributed by atoms with Crippen LogP contribution < -0.4 is 4.90 Å². The molecule has 6 heteroatoms. The second-order valence-corrected chi connectivity index (χ2v) is 7.27. The molecule has 0 amide bonds. The molecule has 4 rings (SSSR count). The fraction of sp³-hybridized carbons (Fsp3) is 0.500. The Labute approximate surface area is 139 Å². The third-order valence-electron chi connectivity index (χ3n) is 4.63. The summed E-state index contributed by atoms with van der Waals surface area (Å²) in [6.45, 7) is 4.55. The van der Waals surface area contributed by atoms with E-state index in [4.69, 9.17) is 16.3 Å². The number of anilines is 1. The maximum atomic E-state index is 6.27. The fourth-order valence-corrected chi connectivity index (χ4v) is 4.85. The number of halogens is 1. The molecule has 0 N–H and O–H groups in total. The Morgan fingerprint density at radius 3 is 3.00 bits per heavy atom. The van der Waals surface area contributed by atoms with Crippen molar-refractivity contribution in [3.05, 3.63) is 38.9 Å². The molecule has 116 valence electrons. The summed E-state index contributed by atoms with van der Waals surface area (Å²) in [6.07, 6.45) is 4.71. The van der Waals surface area contributed by atoms with E-state index in [0.29, 0.717) is 5.02 Å². The van der Waals surface area contributed by atoms with Crippen LogP contribution in [0.2, 0.25) is 5.02 Å². The van der Waals surface area contributed by atoms with Crippen LogP contribution in [0.5, 0.6) is 0 Å². The van der Waals surface area contributed by atoms with E-state index < -0.39 is 0 Å². The van der Waals surface area contributed by atoms with Gasteiger partial charge in [0.25, 0.3) is 0 Å². The number of ether oxygens (including phenoxy) is 1. The quantitative estimate of drug-likeness (QED) is 0.798. The lowest BCUT2D eigenvalue weighted by molar-refractivity contribution is -0.0735. The van der Waals surface area contributed by atoms with E-state index in [-0.39, 0.29) is 5.60 Å². The van der Waals surface area contributed by atoms with Gasteiger partial charge in [-0.15, -0.1) is 11.3 Å². The highest BCUT2D eigenvalue weighted by molar-refractivity contribution is 7.10. The van der Waals surface area contributed by atoms with Crippen molar-refractivity contribution in [2.24, 2.45) is 0 Å². The highest BCUT2D eigenvalue weighted by Crippen LogP contribution is 2.44. The molecule has 0 bridgehead atoms. The summed E-state index contributed by atoms with van der Waals surface area (Å²) in [5.74, 6) is 1.61. The van der Waals surface area contributed by atoms with Crippen molar-refractivity contribution in [3.63, 3.8) is 0 Å². The largest absolute Gasteiger partial charge is 0.369 e. The average molecular weight is 336 g/mol. The van der Waals surface area contributed by atoms with E-state index in [9.17, 15) is 0 Å². The van der Waals surface area contributed by atoms with Gasteiger partial charge in [0.05, 0.1) is 12.8 Å². The molecule has 1 spiro atoms. The number of fused-ring (bicyclic) bond motifs is 2. The van der Waals surface area contributed by atoms with Crippen molar-refractivity contribution in [2.45, 2.75) is 31.8 Å². The molecule has 4 nitrogen and oxygen atoms in total. The third-order valence-corrected chi connectivity index (χ3v) is 6.04. The van der Waals surface area contributed by atoms with Crippen LogP contribution in [-0.4, -0.2) is 29.7 Å². The van der Waals surface area contributed by atoms with Crippen molar-refractivity contribution in [1.29, 1.82) is 0 Å². The van der Waals surface area contributed by atoms with E-state index in [1.54, 1.807) is 6.20 Å². The first-order valence-electron chi connectivity index (χ1n) is 7.63. The minimum atomic E-state index is -0.0905. The minimum absolute atomic E-state index is 0.0905. The zero-order valence-corrected chi connectivity index (χ0v) is 14.1. The first-order chi connectivity index (χ1) is 10.7. The topological polar surface area (TPSA) is 38.2 Å². The normalized spacial score (nSPS) is 20.2. The molecule has 1 fully saturated rings. The van der Waals surface area contributed by atoms with Crippen LogP contribution in [0.1, 0.15) is 29.1 Å². The molecule has 2 aromatic rings. The molecule has 0 aliphatic carbocycles. The molecule has 1 saturated heterocycles. The Kier molecular flexibility index (Phi) is 3.59. The Bertz CT molecular complexity index is 694. The molecule has 0 unspecified atom stereocenters. The van der Waals surface area contributed by atoms with Gasteiger partial charge in [-0.25, -0.2) is 9.97 Å². The highest BCUT2D eigenvalue weighted by atomic mass is 35.5. The molecule has 0 radical (unpaired) electrons. The zero-order chi connectivity index (χ0) is 15.2. The van der Waals surface area contributed by atoms with Gasteiger partial charge in [0, 0.05) is 18.0 Å². The van der Waals surface area contributed by atoms with Gasteiger partial charge in [-0.05, 0) is 43.2 Å². The fourth-order valence-electron chi connectivity index (χ4n) is 3.47. The Balaban J connectivity index is 1.58. The Hall–Kier alpha value is -1.17. The number of aryl methyl sites for hydroxylation is 1. The van der Waals surface area contributed by atoms with Crippen LogP contribution in [0.15, 0.2) is 17.6 Å². The number of hydrogen-bond donors (Lipinski definition) is 0. The van der Waals surface area contributed by atoms with Crippen LogP contribution in [0.25, 0.3) is 0 Å². The first kappa shape index (κ1) is 14.4. The van der Waals surface area contributed by atoms with Crippen molar-refractivity contribution >= 4 is 28.8 Å². The molecule has 2 aromatic heterocycles.